The lowest BCUT2D eigenvalue weighted by Gasteiger charge is -2.25. The maximum absolute atomic E-state index is 14.8. The summed E-state index contributed by atoms with van der Waals surface area (Å²) in [6.45, 7) is 0.240. The van der Waals surface area contributed by atoms with Crippen molar-refractivity contribution in [3.8, 4) is 0 Å². The fourth-order valence-corrected chi connectivity index (χ4v) is 9.65. The molecule has 0 saturated carbocycles. The molecule has 0 spiro atoms. The van der Waals surface area contributed by atoms with Crippen LogP contribution in [0.1, 0.15) is 118 Å². The Hall–Kier alpha value is -7.54. The van der Waals surface area contributed by atoms with Crippen molar-refractivity contribution in [2.75, 3.05) is 19.7 Å². The van der Waals surface area contributed by atoms with Crippen LogP contribution in [0.5, 0.6) is 0 Å². The molecule has 0 fully saturated rings. The lowest BCUT2D eigenvalue weighted by atomic mass is 10.1. The number of carbonyl (C=O) groups is 7. The largest absolute Gasteiger partial charge is 0.461 e. The SMILES string of the molecule is NCCCCCC(=O)NCCCCCC(=O)NC(CCC(=O)NC(CCCOP(=O)(NC(CCC(=O)OCc1ccccc1)C(=O)OCc1ccccc1)OCc1ccccc1)C(=O)OCc1ccccc1)C(=O)OCc1ccccc1. The second-order valence-electron chi connectivity index (χ2n) is 19.4. The number of rotatable bonds is 40. The van der Waals surface area contributed by atoms with E-state index >= 15 is 0 Å². The average molecular weight is 1150 g/mol. The molecule has 4 unspecified atom stereocenters. The zero-order valence-electron chi connectivity index (χ0n) is 46.5. The Labute approximate surface area is 480 Å². The monoisotopic (exact) mass is 1150 g/mol. The second-order valence-corrected chi connectivity index (χ2v) is 21.2. The number of hydrogen-bond donors (Lipinski definition) is 5. The van der Waals surface area contributed by atoms with E-state index < -0.39 is 61.6 Å². The minimum absolute atomic E-state index is 0.00468. The highest BCUT2D eigenvalue weighted by Gasteiger charge is 2.35. The van der Waals surface area contributed by atoms with Crippen molar-refractivity contribution in [2.45, 2.75) is 141 Å². The molecule has 5 aromatic carbocycles. The predicted molar refractivity (Wildman–Crippen MR) is 307 cm³/mol. The lowest BCUT2D eigenvalue weighted by Crippen LogP contribution is -2.45. The molecule has 6 N–H and O–H groups in total. The van der Waals surface area contributed by atoms with Gasteiger partial charge in [0, 0.05) is 32.2 Å². The van der Waals surface area contributed by atoms with E-state index in [0.29, 0.717) is 55.5 Å². The van der Waals surface area contributed by atoms with Crippen LogP contribution >= 0.6 is 7.75 Å². The normalized spacial score (nSPS) is 12.8. The maximum Gasteiger partial charge on any atom is 0.406 e. The van der Waals surface area contributed by atoms with Crippen LogP contribution in [0.4, 0.5) is 0 Å². The molecular formula is C62H78N5O14P. The summed E-state index contributed by atoms with van der Waals surface area (Å²) in [6.07, 6.45) is 3.78. The van der Waals surface area contributed by atoms with Gasteiger partial charge in [0.15, 0.2) is 0 Å². The van der Waals surface area contributed by atoms with Crippen LogP contribution in [-0.2, 0) is 99.2 Å². The number of benzene rings is 5. The Morgan fingerprint density at radius 2 is 0.805 bits per heavy atom. The number of esters is 4. The molecular weight excluding hydrogens is 1070 g/mol. The van der Waals surface area contributed by atoms with Gasteiger partial charge in [-0.3, -0.25) is 33.0 Å². The van der Waals surface area contributed by atoms with Gasteiger partial charge in [-0.1, -0.05) is 165 Å². The molecule has 440 valence electrons. The highest BCUT2D eigenvalue weighted by atomic mass is 31.2. The van der Waals surface area contributed by atoms with Crippen molar-refractivity contribution in [3.63, 3.8) is 0 Å². The summed E-state index contributed by atoms with van der Waals surface area (Å²) < 4.78 is 49.0. The van der Waals surface area contributed by atoms with E-state index in [0.717, 1.165) is 30.4 Å². The van der Waals surface area contributed by atoms with Crippen LogP contribution in [-0.4, -0.2) is 79.4 Å². The molecule has 20 heteroatoms. The first kappa shape index (κ1) is 65.3. The van der Waals surface area contributed by atoms with Gasteiger partial charge in [-0.25, -0.2) is 19.2 Å². The molecule has 0 heterocycles. The number of amides is 3. The Morgan fingerprint density at radius 1 is 0.402 bits per heavy atom. The molecule has 4 atom stereocenters. The van der Waals surface area contributed by atoms with Crippen LogP contribution < -0.4 is 26.8 Å². The van der Waals surface area contributed by atoms with Gasteiger partial charge < -0.3 is 40.6 Å². The van der Waals surface area contributed by atoms with E-state index in [4.69, 9.17) is 33.7 Å². The topological polar surface area (TPSA) is 266 Å². The van der Waals surface area contributed by atoms with Gasteiger partial charge in [0.05, 0.1) is 13.2 Å². The number of nitrogens with two attached hydrogens (primary N) is 1. The van der Waals surface area contributed by atoms with Crippen LogP contribution in [0.2, 0.25) is 0 Å². The number of nitrogens with one attached hydrogen (secondary N) is 4. The van der Waals surface area contributed by atoms with Gasteiger partial charge in [-0.2, -0.15) is 0 Å². The van der Waals surface area contributed by atoms with Crippen LogP contribution in [0.3, 0.4) is 0 Å². The summed E-state index contributed by atoms with van der Waals surface area (Å²) in [5.74, 6) is -4.08. The molecule has 0 bridgehead atoms. The molecule has 0 aromatic heterocycles. The summed E-state index contributed by atoms with van der Waals surface area (Å²) in [7, 11) is -4.47. The first-order valence-corrected chi connectivity index (χ1v) is 29.5. The molecule has 0 aliphatic carbocycles. The third-order valence-corrected chi connectivity index (χ3v) is 14.3. The highest BCUT2D eigenvalue weighted by Crippen LogP contribution is 2.46. The van der Waals surface area contributed by atoms with Gasteiger partial charge in [0.25, 0.3) is 0 Å². The van der Waals surface area contributed by atoms with Crippen molar-refractivity contribution >= 4 is 49.3 Å². The Kier molecular flexibility index (Phi) is 30.4. The third-order valence-electron chi connectivity index (χ3n) is 12.7. The van der Waals surface area contributed by atoms with E-state index in [1.54, 1.807) is 115 Å². The zero-order chi connectivity index (χ0) is 58.5. The van der Waals surface area contributed by atoms with E-state index in [-0.39, 0.29) is 90.5 Å². The first-order valence-electron chi connectivity index (χ1n) is 28.0. The van der Waals surface area contributed by atoms with E-state index in [9.17, 15) is 38.1 Å². The quantitative estimate of drug-likeness (QED) is 0.0106. The molecule has 5 aromatic rings. The molecule has 0 radical (unpaired) electrons. The number of hydrogen-bond acceptors (Lipinski definition) is 15. The zero-order valence-corrected chi connectivity index (χ0v) is 47.4. The Balaban J connectivity index is 1.24. The minimum atomic E-state index is -4.47. The molecule has 3 amide bonds. The molecule has 19 nitrogen and oxygen atoms in total. The molecule has 82 heavy (non-hydrogen) atoms. The smallest absolute Gasteiger partial charge is 0.406 e. The van der Waals surface area contributed by atoms with Gasteiger partial charge >= 0.3 is 31.6 Å². The molecule has 0 saturated heterocycles. The van der Waals surface area contributed by atoms with E-state index in [1.807, 2.05) is 36.4 Å². The van der Waals surface area contributed by atoms with Gasteiger partial charge in [0.1, 0.15) is 44.6 Å². The first-order chi connectivity index (χ1) is 39.9. The summed E-state index contributed by atoms with van der Waals surface area (Å²) in [5.41, 5.74) is 9.03. The molecule has 0 aliphatic heterocycles. The summed E-state index contributed by atoms with van der Waals surface area (Å²) in [6, 6.07) is 40.9. The predicted octanol–water partition coefficient (Wildman–Crippen LogP) is 8.77. The standard InChI is InChI=1S/C62H78N5O14P/c63-40-20-6-18-34-56(68)64-41-21-7-19-35-57(69)66-54(61(73)78-45-50-27-12-3-13-28-50)36-38-58(70)65-53(60(72)77-44-49-25-10-2-11-26-49)33-22-42-80-82(75,81-47-52-31-16-5-17-32-52)67-55(62(74)79-46-51-29-14-4-15-30-51)37-39-59(71)76-43-48-23-8-1-9-24-48/h1-5,8-17,23-32,53-55H,6-7,18-22,33-47,63H2,(H,64,68)(H,65,70)(H,66,69)(H,67,75). The minimum Gasteiger partial charge on any atom is -0.461 e. The summed E-state index contributed by atoms with van der Waals surface area (Å²) in [4.78, 5) is 93.3. The van der Waals surface area contributed by atoms with Crippen molar-refractivity contribution in [3.05, 3.63) is 179 Å². The van der Waals surface area contributed by atoms with Crippen molar-refractivity contribution in [1.82, 2.24) is 21.0 Å². The maximum atomic E-state index is 14.8. The van der Waals surface area contributed by atoms with E-state index in [1.165, 1.54) is 0 Å². The number of ether oxygens (including phenoxy) is 4. The van der Waals surface area contributed by atoms with Crippen molar-refractivity contribution in [2.24, 2.45) is 5.73 Å². The van der Waals surface area contributed by atoms with E-state index in [2.05, 4.69) is 21.0 Å². The fourth-order valence-electron chi connectivity index (χ4n) is 8.12. The van der Waals surface area contributed by atoms with Crippen molar-refractivity contribution in [1.29, 1.82) is 0 Å². The van der Waals surface area contributed by atoms with Crippen LogP contribution in [0, 0.1) is 0 Å². The van der Waals surface area contributed by atoms with Gasteiger partial charge in [-0.05, 0) is 85.7 Å². The Morgan fingerprint density at radius 3 is 1.29 bits per heavy atom. The second kappa shape index (κ2) is 38.2. The number of unbranched alkanes of at least 4 members (excludes halogenated alkanes) is 4. The third kappa shape index (κ3) is 27.3. The molecule has 5 rings (SSSR count). The van der Waals surface area contributed by atoms with Gasteiger partial charge in [0.2, 0.25) is 17.7 Å². The van der Waals surface area contributed by atoms with Crippen LogP contribution in [0.15, 0.2) is 152 Å². The summed E-state index contributed by atoms with van der Waals surface area (Å²) in [5, 5.41) is 11.1. The van der Waals surface area contributed by atoms with Gasteiger partial charge in [-0.15, -0.1) is 0 Å². The number of carbonyl (C=O) groups excluding carboxylic acids is 7. The highest BCUT2D eigenvalue weighted by molar-refractivity contribution is 7.51. The summed E-state index contributed by atoms with van der Waals surface area (Å²) >= 11 is 0. The molecule has 0 aliphatic rings. The Bertz CT molecular complexity index is 2730. The van der Waals surface area contributed by atoms with Crippen LogP contribution in [0.25, 0.3) is 0 Å². The lowest BCUT2D eigenvalue weighted by molar-refractivity contribution is -0.150. The average Bonchev–Trinajstić information content (AvgIpc) is 3.51. The van der Waals surface area contributed by atoms with Crippen molar-refractivity contribution < 1.29 is 66.1 Å². The fraction of sp³-hybridized carbons (Fsp3) is 0.403.